The molecule has 0 aliphatic rings. The summed E-state index contributed by atoms with van der Waals surface area (Å²) in [6, 6.07) is 37.1. The predicted octanol–water partition coefficient (Wildman–Crippen LogP) is 10.3. The summed E-state index contributed by atoms with van der Waals surface area (Å²) in [6.07, 6.45) is -4.14. The highest BCUT2D eigenvalue weighted by molar-refractivity contribution is 7.93. The second-order valence-corrected chi connectivity index (χ2v) is 32.2. The van der Waals surface area contributed by atoms with Crippen LogP contribution in [0.25, 0.3) is 21.5 Å². The summed E-state index contributed by atoms with van der Waals surface area (Å²) >= 11 is 0. The third-order valence-corrected chi connectivity index (χ3v) is 21.4. The monoisotopic (exact) mass is 1140 g/mol. The number of hydrogen-bond donors (Lipinski definition) is 5. The van der Waals surface area contributed by atoms with Crippen molar-refractivity contribution in [2.45, 2.75) is 173 Å². The summed E-state index contributed by atoms with van der Waals surface area (Å²) < 4.78 is 54.4. The minimum absolute atomic E-state index is 0.0105. The summed E-state index contributed by atoms with van der Waals surface area (Å²) in [4.78, 5) is 46.2. The van der Waals surface area contributed by atoms with Crippen molar-refractivity contribution in [2.24, 2.45) is 23.5 Å². The zero-order chi connectivity index (χ0) is 60.2. The van der Waals surface area contributed by atoms with Gasteiger partial charge in [0, 0.05) is 0 Å². The van der Waals surface area contributed by atoms with Crippen LogP contribution in [-0.2, 0) is 64.2 Å². The van der Waals surface area contributed by atoms with Crippen molar-refractivity contribution in [3.8, 4) is 0 Å². The van der Waals surface area contributed by atoms with E-state index in [1.54, 1.807) is 67.5 Å². The summed E-state index contributed by atoms with van der Waals surface area (Å²) in [6.45, 7) is 25.4. The lowest BCUT2D eigenvalue weighted by Crippen LogP contribution is -2.61. The third-order valence-electron chi connectivity index (χ3n) is 16.0. The van der Waals surface area contributed by atoms with Gasteiger partial charge in [0.05, 0.1) is 56.9 Å². The molecular formula is C67H89N3O9S2. The molecule has 0 saturated heterocycles. The third kappa shape index (κ3) is 15.9. The van der Waals surface area contributed by atoms with E-state index < -0.39 is 112 Å². The number of carbonyl (C=O) groups is 3. The second kappa shape index (κ2) is 25.4. The maximum Gasteiger partial charge on any atom is 0.224 e. The van der Waals surface area contributed by atoms with E-state index in [9.17, 15) is 27.0 Å². The second-order valence-electron chi connectivity index (χ2n) is 26.7. The fourth-order valence-corrected chi connectivity index (χ4v) is 12.9. The quantitative estimate of drug-likeness (QED) is 0.0434. The smallest absolute Gasteiger partial charge is 0.224 e. The van der Waals surface area contributed by atoms with Crippen LogP contribution in [0.4, 0.5) is 0 Å². The van der Waals surface area contributed by atoms with Gasteiger partial charge in [-0.15, -0.1) is 0 Å². The summed E-state index contributed by atoms with van der Waals surface area (Å²) in [5.41, 5.74) is 10.7. The number of benzene rings is 6. The lowest BCUT2D eigenvalue weighted by molar-refractivity contribution is -0.132. The number of ketones is 1. The van der Waals surface area contributed by atoms with Gasteiger partial charge < -0.3 is 26.6 Å². The Kier molecular flexibility index (Phi) is 20.2. The molecule has 6 rings (SSSR count). The van der Waals surface area contributed by atoms with Gasteiger partial charge >= 0.3 is 0 Å². The molecule has 8 atom stereocenters. The number of fused-ring (bicyclic) bond motifs is 2. The van der Waals surface area contributed by atoms with Crippen molar-refractivity contribution in [1.29, 1.82) is 0 Å². The molecule has 0 aromatic heterocycles. The fourth-order valence-electron chi connectivity index (χ4n) is 10.3. The molecule has 0 fully saturated rings. The number of aliphatic hydroxyl groups is 2. The molecule has 0 aliphatic carbocycles. The largest absolute Gasteiger partial charge is 0.388 e. The van der Waals surface area contributed by atoms with Crippen molar-refractivity contribution >= 4 is 58.8 Å². The van der Waals surface area contributed by atoms with Gasteiger partial charge in [-0.2, -0.15) is 0 Å². The van der Waals surface area contributed by atoms with Gasteiger partial charge in [-0.1, -0.05) is 189 Å². The Morgan fingerprint density at radius 3 is 1.31 bits per heavy atom. The van der Waals surface area contributed by atoms with Crippen LogP contribution in [0.2, 0.25) is 0 Å². The maximum atomic E-state index is 15.6. The van der Waals surface area contributed by atoms with Crippen LogP contribution in [0.5, 0.6) is 0 Å². The zero-order valence-corrected chi connectivity index (χ0v) is 51.7. The van der Waals surface area contributed by atoms with Crippen molar-refractivity contribution < 1.29 is 41.4 Å². The molecule has 0 spiro atoms. The molecule has 14 heteroatoms. The fraction of sp³-hybridized carbons (Fsp3) is 0.478. The molecule has 0 aliphatic heterocycles. The van der Waals surface area contributed by atoms with Gasteiger partial charge in [0.25, 0.3) is 0 Å². The van der Waals surface area contributed by atoms with Crippen LogP contribution in [0.15, 0.2) is 133 Å². The van der Waals surface area contributed by atoms with Crippen LogP contribution in [-0.4, -0.2) is 96.0 Å². The Labute approximate surface area is 483 Å². The van der Waals surface area contributed by atoms with E-state index >= 15 is 14.4 Å². The number of carbonyl (C=O) groups excluding carboxylic acids is 3. The van der Waals surface area contributed by atoms with Crippen molar-refractivity contribution in [2.75, 3.05) is 11.5 Å². The van der Waals surface area contributed by atoms with Crippen molar-refractivity contribution in [1.82, 2.24) is 10.6 Å². The van der Waals surface area contributed by atoms with Gasteiger partial charge in [-0.05, 0) is 132 Å². The first-order chi connectivity index (χ1) is 37.5. The molecule has 2 amide bonds. The molecule has 438 valence electrons. The first-order valence-corrected chi connectivity index (χ1v) is 31.6. The predicted molar refractivity (Wildman–Crippen MR) is 330 cm³/mol. The molecule has 12 nitrogen and oxygen atoms in total. The van der Waals surface area contributed by atoms with E-state index in [2.05, 4.69) is 31.4 Å². The van der Waals surface area contributed by atoms with E-state index in [0.29, 0.717) is 16.7 Å². The molecule has 6 N–H and O–H groups in total. The molecular weight excluding hydrogens is 1050 g/mol. The number of Topliss-reactive ketones (excluding diaryl/α,β-unsaturated/α-hetero) is 1. The van der Waals surface area contributed by atoms with E-state index in [4.69, 9.17) is 5.73 Å². The Balaban J connectivity index is 1.55. The standard InChI is InChI=1S/C67H89N3O9S2/c1-42(2)57(68)60(72)56(46-31-35-52(36-32-46)65(6,7)8)58(70-63(75)50(41-81(78,79)67(12,13)14)39-48-26-20-24-45-22-16-18-28-54(45)48)61(73)59(71)55(37-43-29-33-51(34-30-43)64(3,4)5)69-62(74)49(40-80(76,77)66(9,10)11)38-47-25-19-23-44-21-15-17-27-53(44)47/h15-36,42,49-50,55-59,61,71,73H,37-41,68H2,1-14H3,(H,69,74)(H,70,75)/t49-,50-,55+,56?,57+,58+,59-,61-/m1/s1. The minimum atomic E-state index is -4.01. The highest BCUT2D eigenvalue weighted by atomic mass is 32.2. The average Bonchev–Trinajstić information content (AvgIpc) is 3.45. The highest BCUT2D eigenvalue weighted by Crippen LogP contribution is 2.34. The van der Waals surface area contributed by atoms with E-state index in [1.165, 1.54) is 0 Å². The number of nitrogens with two attached hydrogens (primary N) is 1. The summed E-state index contributed by atoms with van der Waals surface area (Å²) in [7, 11) is -7.96. The molecule has 81 heavy (non-hydrogen) atoms. The van der Waals surface area contributed by atoms with Gasteiger partial charge in [-0.25, -0.2) is 16.8 Å². The van der Waals surface area contributed by atoms with E-state index in [0.717, 1.165) is 38.2 Å². The van der Waals surface area contributed by atoms with Crippen LogP contribution in [0, 0.1) is 17.8 Å². The number of nitrogens with one attached hydrogen (secondary N) is 2. The molecule has 6 aromatic carbocycles. The Morgan fingerprint density at radius 2 is 0.901 bits per heavy atom. The zero-order valence-electron chi connectivity index (χ0n) is 50.1. The Hall–Kier alpha value is -5.77. The van der Waals surface area contributed by atoms with Crippen molar-refractivity contribution in [3.05, 3.63) is 167 Å². The lowest BCUT2D eigenvalue weighted by Gasteiger charge is -2.38. The van der Waals surface area contributed by atoms with Gasteiger partial charge in [0.1, 0.15) is 12.2 Å². The first kappa shape index (κ1) is 64.4. The number of amides is 2. The van der Waals surface area contributed by atoms with Crippen molar-refractivity contribution in [3.63, 3.8) is 0 Å². The van der Waals surface area contributed by atoms with E-state index in [-0.39, 0.29) is 30.1 Å². The number of aliphatic hydroxyl groups excluding tert-OH is 2. The lowest BCUT2D eigenvalue weighted by atomic mass is 9.76. The normalized spacial score (nSPS) is 16.0. The highest BCUT2D eigenvalue weighted by Gasteiger charge is 2.46. The van der Waals surface area contributed by atoms with E-state index in [1.807, 2.05) is 142 Å². The Bertz CT molecular complexity index is 3370. The molecule has 0 heterocycles. The molecule has 6 aromatic rings. The summed E-state index contributed by atoms with van der Waals surface area (Å²) in [5.74, 6) is -7.51. The van der Waals surface area contributed by atoms with Gasteiger partial charge in [0.15, 0.2) is 25.5 Å². The number of sulfone groups is 2. The van der Waals surface area contributed by atoms with Crippen LogP contribution in [0.1, 0.15) is 136 Å². The summed E-state index contributed by atoms with van der Waals surface area (Å²) in [5, 5.41) is 35.8. The first-order valence-electron chi connectivity index (χ1n) is 28.3. The number of rotatable bonds is 22. The Morgan fingerprint density at radius 1 is 0.506 bits per heavy atom. The molecule has 0 radical (unpaired) electrons. The van der Waals surface area contributed by atoms with Gasteiger partial charge in [-0.3, -0.25) is 14.4 Å². The topological polar surface area (TPSA) is 210 Å². The number of hydrogen-bond acceptors (Lipinski definition) is 10. The minimum Gasteiger partial charge on any atom is -0.388 e. The average molecular weight is 1140 g/mol. The van der Waals surface area contributed by atoms with Crippen LogP contribution < -0.4 is 16.4 Å². The van der Waals surface area contributed by atoms with Gasteiger partial charge in [0.2, 0.25) is 11.8 Å². The molecule has 1 unspecified atom stereocenters. The van der Waals surface area contributed by atoms with Crippen LogP contribution >= 0.6 is 0 Å². The van der Waals surface area contributed by atoms with Crippen LogP contribution in [0.3, 0.4) is 0 Å². The maximum absolute atomic E-state index is 15.6. The SMILES string of the molecule is CC(C)[C@H](N)C(=O)C(c1ccc(C(C)(C)C)cc1)[C@H](NC(=O)[C@H](Cc1cccc2ccccc12)CS(=O)(=O)C(C)(C)C)[C@@H](O)[C@H](O)[C@H](Cc1ccc(C(C)(C)C)cc1)NC(=O)[C@H](Cc1cccc2ccccc12)CS(=O)(=O)C(C)(C)C. The molecule has 0 saturated carbocycles. The molecule has 0 bridgehead atoms.